The van der Waals surface area contributed by atoms with Gasteiger partial charge in [-0.1, -0.05) is 35.5 Å². The fourth-order valence-corrected chi connectivity index (χ4v) is 3.81. The lowest BCUT2D eigenvalue weighted by Gasteiger charge is -2.20. The third-order valence-electron chi connectivity index (χ3n) is 3.50. The third kappa shape index (κ3) is 4.69. The van der Waals surface area contributed by atoms with Crippen molar-refractivity contribution in [3.63, 3.8) is 0 Å². The van der Waals surface area contributed by atoms with Crippen LogP contribution < -0.4 is 5.32 Å². The van der Waals surface area contributed by atoms with E-state index in [1.165, 1.54) is 17.8 Å². The number of rotatable bonds is 2. The molecule has 0 spiro atoms. The van der Waals surface area contributed by atoms with Crippen LogP contribution in [0, 0.1) is 0 Å². The van der Waals surface area contributed by atoms with Gasteiger partial charge in [0, 0.05) is 23.0 Å². The highest BCUT2D eigenvalue weighted by Crippen LogP contribution is 2.31. The van der Waals surface area contributed by atoms with Crippen molar-refractivity contribution in [1.82, 2.24) is 4.90 Å². The minimum atomic E-state index is -4.40. The van der Waals surface area contributed by atoms with E-state index in [-0.39, 0.29) is 5.69 Å². The molecular formula is C17H13ClF3N3S2. The van der Waals surface area contributed by atoms with Crippen LogP contribution in [0.25, 0.3) is 0 Å². The minimum absolute atomic E-state index is 0.281. The number of hydrogen-bond acceptors (Lipinski definition) is 3. The van der Waals surface area contributed by atoms with E-state index in [1.807, 2.05) is 6.07 Å². The molecule has 0 amide bonds. The summed E-state index contributed by atoms with van der Waals surface area (Å²) in [5.41, 5.74) is 0.242. The van der Waals surface area contributed by atoms with Crippen molar-refractivity contribution in [3.8, 4) is 0 Å². The average Bonchev–Trinajstić information content (AvgIpc) is 3.02. The van der Waals surface area contributed by atoms with E-state index >= 15 is 0 Å². The van der Waals surface area contributed by atoms with Gasteiger partial charge in [-0.2, -0.15) is 13.2 Å². The second kappa shape index (κ2) is 7.85. The van der Waals surface area contributed by atoms with Crippen LogP contribution in [-0.2, 0) is 6.18 Å². The number of nitrogens with zero attached hydrogens (tertiary/aromatic N) is 2. The molecule has 3 nitrogen and oxygen atoms in total. The van der Waals surface area contributed by atoms with E-state index in [4.69, 9.17) is 23.8 Å². The van der Waals surface area contributed by atoms with E-state index < -0.39 is 11.7 Å². The Balaban J connectivity index is 1.77. The summed E-state index contributed by atoms with van der Waals surface area (Å²) in [5.74, 6) is 0.782. The first kappa shape index (κ1) is 19.0. The fraction of sp³-hybridized carbons (Fsp3) is 0.176. The Morgan fingerprint density at radius 1 is 1.19 bits per heavy atom. The van der Waals surface area contributed by atoms with Crippen LogP contribution in [0.2, 0.25) is 5.02 Å². The van der Waals surface area contributed by atoms with E-state index in [9.17, 15) is 13.2 Å². The monoisotopic (exact) mass is 415 g/mol. The summed E-state index contributed by atoms with van der Waals surface area (Å²) in [6, 6.07) is 12.0. The topological polar surface area (TPSA) is 27.6 Å². The van der Waals surface area contributed by atoms with E-state index in [0.29, 0.717) is 27.5 Å². The fourth-order valence-electron chi connectivity index (χ4n) is 2.30. The highest BCUT2D eigenvalue weighted by Gasteiger charge is 2.30. The molecule has 26 heavy (non-hydrogen) atoms. The second-order valence-corrected chi connectivity index (χ2v) is 7.27. The molecule has 0 bridgehead atoms. The van der Waals surface area contributed by atoms with Gasteiger partial charge in [0.05, 0.1) is 11.3 Å². The average molecular weight is 416 g/mol. The first-order valence-corrected chi connectivity index (χ1v) is 9.33. The molecule has 0 aromatic heterocycles. The molecule has 1 saturated heterocycles. The number of aliphatic imine (C=N–C) groups is 1. The summed E-state index contributed by atoms with van der Waals surface area (Å²) >= 11 is 12.9. The zero-order valence-electron chi connectivity index (χ0n) is 13.3. The van der Waals surface area contributed by atoms with E-state index in [2.05, 4.69) is 10.3 Å². The first-order valence-electron chi connectivity index (χ1n) is 7.56. The maximum absolute atomic E-state index is 12.8. The highest BCUT2D eigenvalue weighted by molar-refractivity contribution is 8.14. The van der Waals surface area contributed by atoms with E-state index in [0.717, 1.165) is 17.9 Å². The molecule has 1 N–H and O–H groups in total. The van der Waals surface area contributed by atoms with Crippen LogP contribution >= 0.6 is 35.6 Å². The van der Waals surface area contributed by atoms with Crippen LogP contribution in [-0.4, -0.2) is 27.5 Å². The van der Waals surface area contributed by atoms with Crippen molar-refractivity contribution < 1.29 is 13.2 Å². The molecule has 3 rings (SSSR count). The van der Waals surface area contributed by atoms with Crippen LogP contribution in [0.3, 0.4) is 0 Å². The van der Waals surface area contributed by atoms with Gasteiger partial charge in [0.15, 0.2) is 10.3 Å². The van der Waals surface area contributed by atoms with Gasteiger partial charge in [-0.15, -0.1) is 0 Å². The summed E-state index contributed by atoms with van der Waals surface area (Å²) < 4.78 is 38.5. The predicted molar refractivity (Wildman–Crippen MR) is 105 cm³/mol. The number of halogens is 4. The largest absolute Gasteiger partial charge is 0.416 e. The van der Waals surface area contributed by atoms with Crippen LogP contribution in [0.4, 0.5) is 24.5 Å². The molecule has 0 aliphatic carbocycles. The number of thioether (sulfide) groups is 1. The third-order valence-corrected chi connectivity index (χ3v) is 5.01. The lowest BCUT2D eigenvalue weighted by molar-refractivity contribution is -0.137. The van der Waals surface area contributed by atoms with Crippen molar-refractivity contribution in [3.05, 3.63) is 59.1 Å². The molecule has 1 fully saturated rings. The number of amidine groups is 1. The lowest BCUT2D eigenvalue weighted by atomic mass is 10.2. The molecular weight excluding hydrogens is 403 g/mol. The Hall–Kier alpha value is -1.77. The summed E-state index contributed by atoms with van der Waals surface area (Å²) in [4.78, 5) is 6.30. The normalized spacial score (nSPS) is 16.2. The Bertz CT molecular complexity index is 855. The van der Waals surface area contributed by atoms with Crippen molar-refractivity contribution in [2.45, 2.75) is 6.18 Å². The second-order valence-electron chi connectivity index (χ2n) is 5.38. The van der Waals surface area contributed by atoms with Crippen molar-refractivity contribution >= 4 is 57.2 Å². The number of thiocarbonyl (C=S) groups is 1. The number of alkyl halides is 3. The van der Waals surface area contributed by atoms with Gasteiger partial charge < -0.3 is 5.32 Å². The Kier molecular flexibility index (Phi) is 5.74. The number of anilines is 1. The standard InChI is InChI=1S/C17H13ClF3N3S2/c18-12-4-2-6-14(10-12)23-16-24(7-8-26-16)15(25)22-13-5-1-3-11(9-13)17(19,20)21/h1-6,9-10H,7-8H2,(H,22,25). The molecule has 1 heterocycles. The van der Waals surface area contributed by atoms with Crippen LogP contribution in [0.1, 0.15) is 5.56 Å². The van der Waals surface area contributed by atoms with Gasteiger partial charge >= 0.3 is 6.18 Å². The maximum atomic E-state index is 12.8. The number of nitrogens with one attached hydrogen (secondary N) is 1. The molecule has 2 aromatic carbocycles. The SMILES string of the molecule is FC(F)(F)c1cccc(NC(=S)N2CCSC2=Nc2cccc(Cl)c2)c1. The van der Waals surface area contributed by atoms with E-state index in [1.54, 1.807) is 29.2 Å². The smallest absolute Gasteiger partial charge is 0.332 e. The number of hydrogen-bond donors (Lipinski definition) is 1. The quantitative estimate of drug-likeness (QED) is 0.628. The summed E-state index contributed by atoms with van der Waals surface area (Å²) in [6.07, 6.45) is -4.40. The van der Waals surface area contributed by atoms with Crippen LogP contribution in [0.15, 0.2) is 53.5 Å². The molecule has 0 saturated carbocycles. The summed E-state index contributed by atoms with van der Waals surface area (Å²) in [7, 11) is 0. The highest BCUT2D eigenvalue weighted by atomic mass is 35.5. The summed E-state index contributed by atoms with van der Waals surface area (Å²) in [6.45, 7) is 0.620. The van der Waals surface area contributed by atoms with Gasteiger partial charge in [-0.3, -0.25) is 4.90 Å². The first-order chi connectivity index (χ1) is 12.3. The lowest BCUT2D eigenvalue weighted by Crippen LogP contribution is -2.35. The van der Waals surface area contributed by atoms with Gasteiger partial charge in [-0.25, -0.2) is 4.99 Å². The van der Waals surface area contributed by atoms with Gasteiger partial charge in [0.25, 0.3) is 0 Å². The Labute approximate surface area is 163 Å². The molecule has 1 aliphatic rings. The van der Waals surface area contributed by atoms with Crippen molar-refractivity contribution in [2.75, 3.05) is 17.6 Å². The molecule has 0 radical (unpaired) electrons. The Morgan fingerprint density at radius 3 is 2.69 bits per heavy atom. The molecule has 136 valence electrons. The number of benzene rings is 2. The van der Waals surface area contributed by atoms with Gasteiger partial charge in [0.2, 0.25) is 0 Å². The van der Waals surface area contributed by atoms with Crippen molar-refractivity contribution in [1.29, 1.82) is 0 Å². The zero-order valence-corrected chi connectivity index (χ0v) is 15.6. The van der Waals surface area contributed by atoms with Crippen molar-refractivity contribution in [2.24, 2.45) is 4.99 Å². The molecule has 0 atom stereocenters. The Morgan fingerprint density at radius 2 is 1.96 bits per heavy atom. The summed E-state index contributed by atoms with van der Waals surface area (Å²) in [5, 5.41) is 4.41. The maximum Gasteiger partial charge on any atom is 0.416 e. The predicted octanol–water partition coefficient (Wildman–Crippen LogP) is 5.79. The molecule has 2 aromatic rings. The van der Waals surface area contributed by atoms with Crippen LogP contribution in [0.5, 0.6) is 0 Å². The van der Waals surface area contributed by atoms with Gasteiger partial charge in [-0.05, 0) is 48.6 Å². The molecule has 1 aliphatic heterocycles. The minimum Gasteiger partial charge on any atom is -0.332 e. The zero-order chi connectivity index (χ0) is 18.7. The molecule has 0 unspecified atom stereocenters. The molecule has 9 heteroatoms. The van der Waals surface area contributed by atoms with Gasteiger partial charge in [0.1, 0.15) is 0 Å².